The van der Waals surface area contributed by atoms with Gasteiger partial charge in [-0.15, -0.1) is 0 Å². The van der Waals surface area contributed by atoms with Gasteiger partial charge in [0.15, 0.2) is 5.78 Å². The molecule has 1 saturated heterocycles. The second-order valence-corrected chi connectivity index (χ2v) is 8.23. The number of aromatic nitrogens is 3. The van der Waals surface area contributed by atoms with Crippen LogP contribution in [0.15, 0.2) is 73.1 Å². The zero-order valence-corrected chi connectivity index (χ0v) is 18.3. The number of likely N-dealkylation sites (tertiary alicyclic amines) is 1. The third kappa shape index (κ3) is 4.22. The average molecular weight is 441 g/mol. The molecule has 1 atom stereocenters. The van der Waals surface area contributed by atoms with Gasteiger partial charge in [-0.2, -0.15) is 0 Å². The first-order valence-electron chi connectivity index (χ1n) is 11.1. The summed E-state index contributed by atoms with van der Waals surface area (Å²) in [6, 6.07) is 18.5. The molecule has 1 fully saturated rings. The maximum absolute atomic E-state index is 13.3. The topological polar surface area (TPSA) is 76.8 Å². The molecule has 0 N–H and O–H groups in total. The molecule has 0 aliphatic carbocycles. The molecule has 1 aliphatic heterocycles. The Morgan fingerprint density at radius 1 is 1.00 bits per heavy atom. The number of para-hydroxylation sites is 1. The van der Waals surface area contributed by atoms with E-state index in [1.54, 1.807) is 52.0 Å². The van der Waals surface area contributed by atoms with E-state index >= 15 is 0 Å². The van der Waals surface area contributed by atoms with Gasteiger partial charge in [0.1, 0.15) is 17.2 Å². The van der Waals surface area contributed by atoms with Crippen LogP contribution in [0, 0.1) is 12.8 Å². The van der Waals surface area contributed by atoms with Crippen LogP contribution in [-0.4, -0.2) is 44.0 Å². The molecule has 1 aliphatic rings. The highest BCUT2D eigenvalue weighted by molar-refractivity contribution is 5.99. The summed E-state index contributed by atoms with van der Waals surface area (Å²) in [6.07, 6.45) is 4.99. The van der Waals surface area contributed by atoms with E-state index in [4.69, 9.17) is 4.74 Å². The Morgan fingerprint density at radius 2 is 1.76 bits per heavy atom. The second kappa shape index (κ2) is 8.86. The SMILES string of the molecule is Cc1nc2ncccn2c1C(=O)N1CCCC(C(=O)c2ccc(Oc3ccccc3)cc2)C1. The standard InChI is InChI=1S/C26H24N4O3/c1-18-23(30-16-6-14-27-26(30)28-18)25(32)29-15-5-7-20(17-29)24(31)19-10-12-22(13-11-19)33-21-8-3-2-4-9-21/h2-4,6,8-14,16,20H,5,7,15,17H2,1H3. The number of hydrogen-bond donors (Lipinski definition) is 0. The fourth-order valence-electron chi connectivity index (χ4n) is 4.33. The largest absolute Gasteiger partial charge is 0.457 e. The van der Waals surface area contributed by atoms with Gasteiger partial charge in [-0.05, 0) is 62.2 Å². The van der Waals surface area contributed by atoms with Gasteiger partial charge in [0.2, 0.25) is 5.78 Å². The predicted octanol–water partition coefficient (Wildman–Crippen LogP) is 4.57. The smallest absolute Gasteiger partial charge is 0.272 e. The minimum atomic E-state index is -0.235. The highest BCUT2D eigenvalue weighted by atomic mass is 16.5. The molecule has 2 aromatic carbocycles. The molecule has 166 valence electrons. The molecule has 5 rings (SSSR count). The Balaban J connectivity index is 1.29. The zero-order chi connectivity index (χ0) is 22.8. The minimum Gasteiger partial charge on any atom is -0.457 e. The molecule has 0 saturated carbocycles. The maximum Gasteiger partial charge on any atom is 0.272 e. The Labute approximate surface area is 191 Å². The van der Waals surface area contributed by atoms with E-state index < -0.39 is 0 Å². The van der Waals surface area contributed by atoms with E-state index in [2.05, 4.69) is 9.97 Å². The highest BCUT2D eigenvalue weighted by Crippen LogP contribution is 2.26. The first-order valence-corrected chi connectivity index (χ1v) is 11.1. The number of piperidine rings is 1. The number of Topliss-reactive ketones (excluding diaryl/α,β-unsaturated/α-hetero) is 1. The molecule has 7 heteroatoms. The number of carbonyl (C=O) groups excluding carboxylic acids is 2. The quantitative estimate of drug-likeness (QED) is 0.425. The van der Waals surface area contributed by atoms with Gasteiger partial charge in [0.25, 0.3) is 5.91 Å². The molecule has 1 unspecified atom stereocenters. The van der Waals surface area contributed by atoms with Gasteiger partial charge in [-0.1, -0.05) is 18.2 Å². The number of aryl methyl sites for hydroxylation is 1. The van der Waals surface area contributed by atoms with Gasteiger partial charge in [0, 0.05) is 37.0 Å². The number of carbonyl (C=O) groups is 2. The van der Waals surface area contributed by atoms with Crippen LogP contribution in [0.25, 0.3) is 5.78 Å². The summed E-state index contributed by atoms with van der Waals surface area (Å²) in [4.78, 5) is 36.9. The average Bonchev–Trinajstić information content (AvgIpc) is 3.20. The molecular formula is C26H24N4O3. The molecule has 3 heterocycles. The molecule has 33 heavy (non-hydrogen) atoms. The fraction of sp³-hybridized carbons (Fsp3) is 0.231. The van der Waals surface area contributed by atoms with E-state index in [-0.39, 0.29) is 17.6 Å². The van der Waals surface area contributed by atoms with Crippen molar-refractivity contribution in [3.05, 3.63) is 90.0 Å². The van der Waals surface area contributed by atoms with Crippen molar-refractivity contribution < 1.29 is 14.3 Å². The summed E-state index contributed by atoms with van der Waals surface area (Å²) in [6.45, 7) is 2.83. The van der Waals surface area contributed by atoms with Gasteiger partial charge >= 0.3 is 0 Å². The summed E-state index contributed by atoms with van der Waals surface area (Å²) >= 11 is 0. The molecule has 0 radical (unpaired) electrons. The lowest BCUT2D eigenvalue weighted by Gasteiger charge is -2.32. The van der Waals surface area contributed by atoms with Crippen LogP contribution >= 0.6 is 0 Å². The summed E-state index contributed by atoms with van der Waals surface area (Å²) in [5.74, 6) is 1.63. The van der Waals surface area contributed by atoms with Crippen molar-refractivity contribution in [1.29, 1.82) is 0 Å². The van der Waals surface area contributed by atoms with Crippen LogP contribution in [0.5, 0.6) is 11.5 Å². The van der Waals surface area contributed by atoms with Crippen molar-refractivity contribution in [2.75, 3.05) is 13.1 Å². The van der Waals surface area contributed by atoms with E-state index in [0.717, 1.165) is 18.6 Å². The lowest BCUT2D eigenvalue weighted by Crippen LogP contribution is -2.43. The number of benzene rings is 2. The first kappa shape index (κ1) is 20.9. The molecule has 2 aromatic heterocycles. The van der Waals surface area contributed by atoms with Gasteiger partial charge in [-0.3, -0.25) is 14.0 Å². The lowest BCUT2D eigenvalue weighted by atomic mass is 9.90. The molecular weight excluding hydrogens is 416 g/mol. The number of ether oxygens (including phenoxy) is 1. The van der Waals surface area contributed by atoms with Gasteiger partial charge < -0.3 is 9.64 Å². The van der Waals surface area contributed by atoms with Gasteiger partial charge in [0.05, 0.1) is 5.69 Å². The molecule has 1 amide bonds. The van der Waals surface area contributed by atoms with Crippen molar-refractivity contribution >= 4 is 17.5 Å². The molecule has 7 nitrogen and oxygen atoms in total. The predicted molar refractivity (Wildman–Crippen MR) is 124 cm³/mol. The van der Waals surface area contributed by atoms with Crippen LogP contribution in [0.2, 0.25) is 0 Å². The first-order chi connectivity index (χ1) is 16.1. The Kier molecular flexibility index (Phi) is 5.60. The zero-order valence-electron chi connectivity index (χ0n) is 18.3. The van der Waals surface area contributed by atoms with Crippen molar-refractivity contribution in [2.24, 2.45) is 5.92 Å². The summed E-state index contributed by atoms with van der Waals surface area (Å²) in [5.41, 5.74) is 1.78. The molecule has 0 bridgehead atoms. The Bertz CT molecular complexity index is 1300. The van der Waals surface area contributed by atoms with Crippen molar-refractivity contribution in [3.63, 3.8) is 0 Å². The van der Waals surface area contributed by atoms with E-state index in [0.29, 0.717) is 41.6 Å². The fourth-order valence-corrected chi connectivity index (χ4v) is 4.33. The summed E-state index contributed by atoms with van der Waals surface area (Å²) in [5, 5.41) is 0. The number of imidazole rings is 1. The third-order valence-corrected chi connectivity index (χ3v) is 5.98. The highest BCUT2D eigenvalue weighted by Gasteiger charge is 2.31. The normalized spacial score (nSPS) is 16.0. The number of amides is 1. The summed E-state index contributed by atoms with van der Waals surface area (Å²) < 4.78 is 7.53. The Morgan fingerprint density at radius 3 is 2.55 bits per heavy atom. The van der Waals surface area contributed by atoms with Crippen LogP contribution in [0.4, 0.5) is 0 Å². The maximum atomic E-state index is 13.3. The van der Waals surface area contributed by atoms with E-state index in [1.807, 2.05) is 37.3 Å². The van der Waals surface area contributed by atoms with Crippen molar-refractivity contribution in [2.45, 2.75) is 19.8 Å². The van der Waals surface area contributed by atoms with Crippen LogP contribution in [0.1, 0.15) is 39.4 Å². The van der Waals surface area contributed by atoms with Crippen molar-refractivity contribution in [1.82, 2.24) is 19.3 Å². The number of hydrogen-bond acceptors (Lipinski definition) is 5. The molecule has 4 aromatic rings. The van der Waals surface area contributed by atoms with E-state index in [9.17, 15) is 9.59 Å². The van der Waals surface area contributed by atoms with Crippen LogP contribution in [0.3, 0.4) is 0 Å². The summed E-state index contributed by atoms with van der Waals surface area (Å²) in [7, 11) is 0. The number of rotatable bonds is 5. The molecule has 0 spiro atoms. The van der Waals surface area contributed by atoms with Crippen LogP contribution < -0.4 is 4.74 Å². The lowest BCUT2D eigenvalue weighted by molar-refractivity contribution is 0.0630. The monoisotopic (exact) mass is 440 g/mol. The second-order valence-electron chi connectivity index (χ2n) is 8.23. The van der Waals surface area contributed by atoms with Crippen LogP contribution in [-0.2, 0) is 0 Å². The number of nitrogens with zero attached hydrogens (tertiary/aromatic N) is 4. The van der Waals surface area contributed by atoms with Crippen molar-refractivity contribution in [3.8, 4) is 11.5 Å². The van der Waals surface area contributed by atoms with Gasteiger partial charge in [-0.25, -0.2) is 9.97 Å². The van der Waals surface area contributed by atoms with E-state index in [1.165, 1.54) is 0 Å². The Hall–Kier alpha value is -4.00. The third-order valence-electron chi connectivity index (χ3n) is 5.98. The number of ketones is 1. The number of fused-ring (bicyclic) bond motifs is 1. The minimum absolute atomic E-state index is 0.0512.